The van der Waals surface area contributed by atoms with E-state index in [9.17, 15) is 14.4 Å². The first-order chi connectivity index (χ1) is 11.0. The fourth-order valence-electron chi connectivity index (χ4n) is 1.68. The van der Waals surface area contributed by atoms with Crippen molar-refractivity contribution in [2.24, 2.45) is 7.05 Å². The van der Waals surface area contributed by atoms with Gasteiger partial charge in [-0.2, -0.15) is 10.4 Å². The quantitative estimate of drug-likeness (QED) is 0.820. The van der Waals surface area contributed by atoms with Gasteiger partial charge in [0.05, 0.1) is 11.6 Å². The first kappa shape index (κ1) is 15.9. The standard InChI is InChI=1S/C15H12N4O4/c1-19-14(21)6-5-12(18-19)15(22)23-9-13(20)17-11-4-2-3-10(7-11)8-16/h2-7H,9H2,1H3,(H,17,20). The number of hydrogen-bond donors (Lipinski definition) is 1. The van der Waals surface area contributed by atoms with Gasteiger partial charge in [0, 0.05) is 18.8 Å². The Morgan fingerprint density at radius 2 is 2.13 bits per heavy atom. The molecule has 0 radical (unpaired) electrons. The van der Waals surface area contributed by atoms with Crippen molar-refractivity contribution in [3.8, 4) is 6.07 Å². The van der Waals surface area contributed by atoms with E-state index in [2.05, 4.69) is 10.4 Å². The number of nitriles is 1. The SMILES string of the molecule is Cn1nc(C(=O)OCC(=O)Nc2cccc(C#N)c2)ccc1=O. The van der Waals surface area contributed by atoms with Crippen LogP contribution in [0.15, 0.2) is 41.2 Å². The Kier molecular flexibility index (Phi) is 4.84. The maximum absolute atomic E-state index is 11.7. The van der Waals surface area contributed by atoms with Gasteiger partial charge in [-0.05, 0) is 24.3 Å². The molecule has 0 fully saturated rings. The monoisotopic (exact) mass is 312 g/mol. The van der Waals surface area contributed by atoms with E-state index in [0.29, 0.717) is 11.3 Å². The summed E-state index contributed by atoms with van der Waals surface area (Å²) in [6.45, 7) is -0.514. The van der Waals surface area contributed by atoms with Gasteiger partial charge in [-0.1, -0.05) is 6.07 Å². The number of aryl methyl sites for hydroxylation is 1. The highest BCUT2D eigenvalue weighted by atomic mass is 16.5. The average molecular weight is 312 g/mol. The largest absolute Gasteiger partial charge is 0.451 e. The van der Waals surface area contributed by atoms with Gasteiger partial charge in [0.2, 0.25) is 0 Å². The molecule has 1 aromatic carbocycles. The van der Waals surface area contributed by atoms with E-state index in [1.54, 1.807) is 18.2 Å². The molecule has 0 unspecified atom stereocenters. The van der Waals surface area contributed by atoms with Crippen LogP contribution in [0.4, 0.5) is 5.69 Å². The van der Waals surface area contributed by atoms with Gasteiger partial charge >= 0.3 is 5.97 Å². The smallest absolute Gasteiger partial charge is 0.359 e. The fraction of sp³-hybridized carbons (Fsp3) is 0.133. The number of esters is 1. The molecule has 1 heterocycles. The Morgan fingerprint density at radius 1 is 1.35 bits per heavy atom. The third-order valence-electron chi connectivity index (χ3n) is 2.78. The zero-order valence-corrected chi connectivity index (χ0v) is 12.1. The number of ether oxygens (including phenoxy) is 1. The van der Waals surface area contributed by atoms with Gasteiger partial charge in [0.25, 0.3) is 11.5 Å². The summed E-state index contributed by atoms with van der Waals surface area (Å²) in [6, 6.07) is 10.7. The molecule has 1 amide bonds. The number of benzene rings is 1. The van der Waals surface area contributed by atoms with Crippen molar-refractivity contribution in [2.45, 2.75) is 0 Å². The summed E-state index contributed by atoms with van der Waals surface area (Å²) in [6.07, 6.45) is 0. The Bertz CT molecular complexity index is 851. The lowest BCUT2D eigenvalue weighted by molar-refractivity contribution is -0.119. The molecular formula is C15H12N4O4. The number of hydrogen-bond acceptors (Lipinski definition) is 6. The minimum absolute atomic E-state index is 0.0774. The third kappa shape index (κ3) is 4.25. The van der Waals surface area contributed by atoms with E-state index in [-0.39, 0.29) is 11.3 Å². The zero-order chi connectivity index (χ0) is 16.8. The van der Waals surface area contributed by atoms with E-state index < -0.39 is 18.5 Å². The van der Waals surface area contributed by atoms with Crippen LogP contribution in [0.1, 0.15) is 16.1 Å². The highest BCUT2D eigenvalue weighted by molar-refractivity contribution is 5.94. The Balaban J connectivity index is 1.93. The summed E-state index contributed by atoms with van der Waals surface area (Å²) in [7, 11) is 1.40. The minimum Gasteiger partial charge on any atom is -0.451 e. The number of amides is 1. The number of carbonyl (C=O) groups is 2. The molecule has 0 spiro atoms. The Labute approximate surface area is 130 Å². The molecule has 0 atom stereocenters. The summed E-state index contributed by atoms with van der Waals surface area (Å²) in [5.74, 6) is -1.38. The molecule has 8 heteroatoms. The minimum atomic E-state index is -0.818. The van der Waals surface area contributed by atoms with Crippen LogP contribution >= 0.6 is 0 Å². The third-order valence-corrected chi connectivity index (χ3v) is 2.78. The van der Waals surface area contributed by atoms with E-state index in [0.717, 1.165) is 4.68 Å². The van der Waals surface area contributed by atoms with E-state index in [1.165, 1.54) is 25.2 Å². The molecule has 0 aliphatic heterocycles. The first-order valence-corrected chi connectivity index (χ1v) is 6.51. The number of nitrogens with one attached hydrogen (secondary N) is 1. The topological polar surface area (TPSA) is 114 Å². The molecule has 1 aromatic heterocycles. The lowest BCUT2D eigenvalue weighted by Gasteiger charge is -2.07. The first-order valence-electron chi connectivity index (χ1n) is 6.51. The second-order valence-electron chi connectivity index (χ2n) is 4.50. The predicted molar refractivity (Wildman–Crippen MR) is 79.5 cm³/mol. The molecule has 0 bridgehead atoms. The number of anilines is 1. The highest BCUT2D eigenvalue weighted by Gasteiger charge is 2.12. The van der Waals surface area contributed by atoms with Crippen LogP contribution in [0, 0.1) is 11.3 Å². The van der Waals surface area contributed by atoms with Crippen LogP contribution in [-0.4, -0.2) is 28.3 Å². The summed E-state index contributed by atoms with van der Waals surface area (Å²) in [5.41, 5.74) is 0.377. The molecule has 2 aromatic rings. The van der Waals surface area contributed by atoms with Crippen molar-refractivity contribution in [3.63, 3.8) is 0 Å². The average Bonchev–Trinajstić information content (AvgIpc) is 2.55. The molecule has 0 saturated carbocycles. The van der Waals surface area contributed by atoms with Crippen molar-refractivity contribution >= 4 is 17.6 Å². The van der Waals surface area contributed by atoms with Gasteiger partial charge in [0.1, 0.15) is 0 Å². The molecule has 23 heavy (non-hydrogen) atoms. The molecular weight excluding hydrogens is 300 g/mol. The maximum Gasteiger partial charge on any atom is 0.359 e. The molecule has 8 nitrogen and oxygen atoms in total. The molecule has 1 N–H and O–H groups in total. The number of aromatic nitrogens is 2. The summed E-state index contributed by atoms with van der Waals surface area (Å²) in [5, 5.41) is 15.0. The zero-order valence-electron chi connectivity index (χ0n) is 12.1. The summed E-state index contributed by atoms with van der Waals surface area (Å²) >= 11 is 0. The van der Waals surface area contributed by atoms with Gasteiger partial charge < -0.3 is 10.1 Å². The highest BCUT2D eigenvalue weighted by Crippen LogP contribution is 2.09. The van der Waals surface area contributed by atoms with Gasteiger partial charge in [-0.25, -0.2) is 9.48 Å². The van der Waals surface area contributed by atoms with Gasteiger partial charge in [-0.3, -0.25) is 9.59 Å². The fourth-order valence-corrected chi connectivity index (χ4v) is 1.68. The Morgan fingerprint density at radius 3 is 2.83 bits per heavy atom. The van der Waals surface area contributed by atoms with Crippen LogP contribution < -0.4 is 10.9 Å². The number of rotatable bonds is 4. The van der Waals surface area contributed by atoms with Crippen LogP contribution in [-0.2, 0) is 16.6 Å². The van der Waals surface area contributed by atoms with Gasteiger partial charge in [0.15, 0.2) is 12.3 Å². The lowest BCUT2D eigenvalue weighted by atomic mass is 10.2. The van der Waals surface area contributed by atoms with Crippen molar-refractivity contribution in [1.82, 2.24) is 9.78 Å². The van der Waals surface area contributed by atoms with Crippen LogP contribution in [0.3, 0.4) is 0 Å². The van der Waals surface area contributed by atoms with E-state index in [1.807, 2.05) is 6.07 Å². The number of nitrogens with zero attached hydrogens (tertiary/aromatic N) is 3. The maximum atomic E-state index is 11.7. The van der Waals surface area contributed by atoms with Crippen molar-refractivity contribution in [3.05, 3.63) is 58.0 Å². The van der Waals surface area contributed by atoms with E-state index >= 15 is 0 Å². The molecule has 0 aliphatic carbocycles. The second-order valence-corrected chi connectivity index (χ2v) is 4.50. The molecule has 0 aliphatic rings. The lowest BCUT2D eigenvalue weighted by Crippen LogP contribution is -2.24. The van der Waals surface area contributed by atoms with Crippen LogP contribution in [0.5, 0.6) is 0 Å². The molecule has 116 valence electrons. The van der Waals surface area contributed by atoms with E-state index in [4.69, 9.17) is 10.00 Å². The second kappa shape index (κ2) is 7.00. The Hall–Kier alpha value is -3.47. The summed E-state index contributed by atoms with van der Waals surface area (Å²) < 4.78 is 5.81. The van der Waals surface area contributed by atoms with Crippen LogP contribution in [0.2, 0.25) is 0 Å². The molecule has 2 rings (SSSR count). The van der Waals surface area contributed by atoms with Crippen LogP contribution in [0.25, 0.3) is 0 Å². The van der Waals surface area contributed by atoms with Crippen molar-refractivity contribution in [2.75, 3.05) is 11.9 Å². The summed E-state index contributed by atoms with van der Waals surface area (Å²) in [4.78, 5) is 34.6. The molecule has 0 saturated heterocycles. The predicted octanol–water partition coefficient (Wildman–Crippen LogP) is 0.447. The van der Waals surface area contributed by atoms with Crippen molar-refractivity contribution < 1.29 is 14.3 Å². The number of carbonyl (C=O) groups excluding carboxylic acids is 2. The van der Waals surface area contributed by atoms with Crippen molar-refractivity contribution in [1.29, 1.82) is 5.26 Å². The van der Waals surface area contributed by atoms with Gasteiger partial charge in [-0.15, -0.1) is 0 Å². The normalized spacial score (nSPS) is 9.74.